The summed E-state index contributed by atoms with van der Waals surface area (Å²) in [5, 5.41) is 2.59. The predicted molar refractivity (Wildman–Crippen MR) is 99.6 cm³/mol. The van der Waals surface area contributed by atoms with Gasteiger partial charge in [0, 0.05) is 0 Å². The molecule has 110 valence electrons. The number of rotatable bonds is 2. The summed E-state index contributed by atoms with van der Waals surface area (Å²) >= 11 is 0. The molecule has 0 atom stereocenters. The molecule has 0 aromatic heterocycles. The van der Waals surface area contributed by atoms with Gasteiger partial charge in [-0.25, -0.2) is 0 Å². The van der Waals surface area contributed by atoms with Gasteiger partial charge < -0.3 is 0 Å². The lowest BCUT2D eigenvalue weighted by Gasteiger charge is -2.08. The van der Waals surface area contributed by atoms with Crippen molar-refractivity contribution in [2.24, 2.45) is 0 Å². The van der Waals surface area contributed by atoms with Crippen molar-refractivity contribution in [1.29, 1.82) is 0 Å². The lowest BCUT2D eigenvalue weighted by Crippen LogP contribution is -1.82. The smallest absolute Gasteiger partial charge is 0.0175 e. The van der Waals surface area contributed by atoms with Crippen LogP contribution in [0.2, 0.25) is 0 Å². The van der Waals surface area contributed by atoms with Crippen molar-refractivity contribution >= 4 is 10.8 Å². The molecule has 0 saturated heterocycles. The highest BCUT2D eigenvalue weighted by Gasteiger charge is 2.03. The van der Waals surface area contributed by atoms with Gasteiger partial charge in [0.05, 0.1) is 0 Å². The van der Waals surface area contributed by atoms with Gasteiger partial charge in [-0.15, -0.1) is 0 Å². The largest absolute Gasteiger partial charge is 0.0622 e. The van der Waals surface area contributed by atoms with Crippen LogP contribution in [0.15, 0.2) is 91.0 Å². The lowest BCUT2D eigenvalue weighted by atomic mass is 9.97. The minimum absolute atomic E-state index is 1.26. The summed E-state index contributed by atoms with van der Waals surface area (Å²) in [6.07, 6.45) is 0. The first-order chi connectivity index (χ1) is 11.3. The Labute approximate surface area is 137 Å². The van der Waals surface area contributed by atoms with Crippen LogP contribution < -0.4 is 0 Å². The SMILES string of the molecule is Cc1ccc2ccc(-c3cccc(-c4ccccc4)c3)cc2c1. The molecule has 0 amide bonds. The van der Waals surface area contributed by atoms with Crippen molar-refractivity contribution < 1.29 is 0 Å². The van der Waals surface area contributed by atoms with Gasteiger partial charge in [-0.1, -0.05) is 84.4 Å². The first-order valence-electron chi connectivity index (χ1n) is 7.96. The van der Waals surface area contributed by atoms with Crippen LogP contribution in [0.3, 0.4) is 0 Å². The Bertz CT molecular complexity index is 965. The van der Waals surface area contributed by atoms with Gasteiger partial charge >= 0.3 is 0 Å². The Morgan fingerprint density at radius 2 is 1.09 bits per heavy atom. The molecular weight excluding hydrogens is 276 g/mol. The standard InChI is InChI=1S/C23H18/c1-17-10-11-19-12-13-22(16-23(19)14-17)21-9-5-8-20(15-21)18-6-3-2-4-7-18/h2-16H,1H3. The number of benzene rings is 4. The molecule has 4 aromatic carbocycles. The third-order valence-corrected chi connectivity index (χ3v) is 4.30. The summed E-state index contributed by atoms with van der Waals surface area (Å²) in [5.74, 6) is 0. The summed E-state index contributed by atoms with van der Waals surface area (Å²) in [6.45, 7) is 2.14. The maximum Gasteiger partial charge on any atom is -0.0175 e. The fourth-order valence-corrected chi connectivity index (χ4v) is 3.05. The van der Waals surface area contributed by atoms with Crippen molar-refractivity contribution in [2.45, 2.75) is 6.92 Å². The van der Waals surface area contributed by atoms with E-state index in [1.807, 2.05) is 0 Å². The Kier molecular flexibility index (Phi) is 3.44. The Morgan fingerprint density at radius 1 is 0.435 bits per heavy atom. The van der Waals surface area contributed by atoms with Gasteiger partial charge in [0.2, 0.25) is 0 Å². The summed E-state index contributed by atoms with van der Waals surface area (Å²) < 4.78 is 0. The highest BCUT2D eigenvalue weighted by atomic mass is 14.1. The van der Waals surface area contributed by atoms with E-state index in [2.05, 4.69) is 97.9 Å². The van der Waals surface area contributed by atoms with Crippen LogP contribution in [0.4, 0.5) is 0 Å². The number of aryl methyl sites for hydroxylation is 1. The van der Waals surface area contributed by atoms with Gasteiger partial charge in [0.25, 0.3) is 0 Å². The molecule has 4 aromatic rings. The third kappa shape index (κ3) is 2.76. The van der Waals surface area contributed by atoms with E-state index in [1.54, 1.807) is 0 Å². The van der Waals surface area contributed by atoms with E-state index in [1.165, 1.54) is 38.6 Å². The second-order valence-corrected chi connectivity index (χ2v) is 6.01. The zero-order valence-corrected chi connectivity index (χ0v) is 13.2. The molecule has 0 nitrogen and oxygen atoms in total. The van der Waals surface area contributed by atoms with Crippen LogP contribution >= 0.6 is 0 Å². The molecule has 0 radical (unpaired) electrons. The van der Waals surface area contributed by atoms with E-state index in [0.29, 0.717) is 0 Å². The molecule has 0 saturated carbocycles. The zero-order chi connectivity index (χ0) is 15.6. The summed E-state index contributed by atoms with van der Waals surface area (Å²) in [6, 6.07) is 32.6. The monoisotopic (exact) mass is 294 g/mol. The zero-order valence-electron chi connectivity index (χ0n) is 13.2. The van der Waals surface area contributed by atoms with Crippen molar-refractivity contribution in [1.82, 2.24) is 0 Å². The number of fused-ring (bicyclic) bond motifs is 1. The predicted octanol–water partition coefficient (Wildman–Crippen LogP) is 6.48. The maximum absolute atomic E-state index is 2.28. The van der Waals surface area contributed by atoms with Gasteiger partial charge in [0.15, 0.2) is 0 Å². The summed E-state index contributed by atoms with van der Waals surface area (Å²) in [5.41, 5.74) is 6.33. The molecule has 0 N–H and O–H groups in total. The van der Waals surface area contributed by atoms with E-state index in [9.17, 15) is 0 Å². The van der Waals surface area contributed by atoms with Gasteiger partial charge in [-0.3, -0.25) is 0 Å². The van der Waals surface area contributed by atoms with Crippen molar-refractivity contribution in [3.63, 3.8) is 0 Å². The second kappa shape index (κ2) is 5.73. The molecule has 23 heavy (non-hydrogen) atoms. The highest BCUT2D eigenvalue weighted by molar-refractivity contribution is 5.88. The quantitative estimate of drug-likeness (QED) is 0.397. The Morgan fingerprint density at radius 3 is 1.91 bits per heavy atom. The molecular formula is C23H18. The maximum atomic E-state index is 2.28. The van der Waals surface area contributed by atoms with Crippen LogP contribution in [0.5, 0.6) is 0 Å². The van der Waals surface area contributed by atoms with Gasteiger partial charge in [0.1, 0.15) is 0 Å². The van der Waals surface area contributed by atoms with Crippen molar-refractivity contribution in [3.05, 3.63) is 96.6 Å². The summed E-state index contributed by atoms with van der Waals surface area (Å²) in [7, 11) is 0. The van der Waals surface area contributed by atoms with Gasteiger partial charge in [-0.05, 0) is 52.1 Å². The van der Waals surface area contributed by atoms with Crippen LogP contribution in [0, 0.1) is 6.92 Å². The molecule has 0 bridgehead atoms. The van der Waals surface area contributed by atoms with Crippen LogP contribution in [-0.2, 0) is 0 Å². The molecule has 4 rings (SSSR count). The first-order valence-corrected chi connectivity index (χ1v) is 7.96. The van der Waals surface area contributed by atoms with Crippen LogP contribution in [0.25, 0.3) is 33.0 Å². The molecule has 0 aliphatic heterocycles. The Hall–Kier alpha value is -2.86. The minimum Gasteiger partial charge on any atom is -0.0622 e. The number of hydrogen-bond donors (Lipinski definition) is 0. The minimum atomic E-state index is 1.26. The molecule has 0 heterocycles. The fourth-order valence-electron chi connectivity index (χ4n) is 3.05. The van der Waals surface area contributed by atoms with Crippen molar-refractivity contribution in [2.75, 3.05) is 0 Å². The van der Waals surface area contributed by atoms with E-state index in [4.69, 9.17) is 0 Å². The van der Waals surface area contributed by atoms with Crippen LogP contribution in [0.1, 0.15) is 5.56 Å². The van der Waals surface area contributed by atoms with Gasteiger partial charge in [-0.2, -0.15) is 0 Å². The van der Waals surface area contributed by atoms with E-state index in [0.717, 1.165) is 0 Å². The molecule has 0 fully saturated rings. The first kappa shape index (κ1) is 13.8. The van der Waals surface area contributed by atoms with E-state index >= 15 is 0 Å². The average molecular weight is 294 g/mol. The third-order valence-electron chi connectivity index (χ3n) is 4.30. The molecule has 0 aliphatic carbocycles. The van der Waals surface area contributed by atoms with Crippen LogP contribution in [-0.4, -0.2) is 0 Å². The normalized spacial score (nSPS) is 10.8. The second-order valence-electron chi connectivity index (χ2n) is 6.01. The molecule has 0 aliphatic rings. The fraction of sp³-hybridized carbons (Fsp3) is 0.0435. The molecule has 0 heteroatoms. The Balaban J connectivity index is 1.81. The molecule has 0 unspecified atom stereocenters. The van der Waals surface area contributed by atoms with E-state index in [-0.39, 0.29) is 0 Å². The average Bonchev–Trinajstić information content (AvgIpc) is 2.62. The van der Waals surface area contributed by atoms with Crippen molar-refractivity contribution in [3.8, 4) is 22.3 Å². The lowest BCUT2D eigenvalue weighted by molar-refractivity contribution is 1.50. The number of hydrogen-bond acceptors (Lipinski definition) is 0. The topological polar surface area (TPSA) is 0 Å². The highest BCUT2D eigenvalue weighted by Crippen LogP contribution is 2.28. The van der Waals surface area contributed by atoms with E-state index < -0.39 is 0 Å². The summed E-state index contributed by atoms with van der Waals surface area (Å²) in [4.78, 5) is 0. The molecule has 0 spiro atoms.